The van der Waals surface area contributed by atoms with Gasteiger partial charge in [-0.2, -0.15) is 13.2 Å². The van der Waals surface area contributed by atoms with Crippen LogP contribution in [0.5, 0.6) is 0 Å². The fourth-order valence-electron chi connectivity index (χ4n) is 1.89. The minimum atomic E-state index is -4.37. The van der Waals surface area contributed by atoms with E-state index >= 15 is 0 Å². The Balaban J connectivity index is 1.99. The first-order valence-corrected chi connectivity index (χ1v) is 6.21. The predicted octanol–water partition coefficient (Wildman–Crippen LogP) is 4.52. The Labute approximate surface area is 115 Å². The molecule has 0 saturated heterocycles. The van der Waals surface area contributed by atoms with Crippen molar-refractivity contribution < 1.29 is 18.0 Å². The van der Waals surface area contributed by atoms with Gasteiger partial charge in [0.15, 0.2) is 5.78 Å². The van der Waals surface area contributed by atoms with E-state index in [-0.39, 0.29) is 12.2 Å². The molecule has 0 saturated carbocycles. The van der Waals surface area contributed by atoms with Gasteiger partial charge in [0, 0.05) is 12.0 Å². The molecule has 0 bridgehead atoms. The highest BCUT2D eigenvalue weighted by Crippen LogP contribution is 2.29. The van der Waals surface area contributed by atoms with E-state index in [9.17, 15) is 18.0 Å². The molecule has 0 radical (unpaired) electrons. The Morgan fingerprint density at radius 1 is 0.900 bits per heavy atom. The number of rotatable bonds is 4. The zero-order valence-corrected chi connectivity index (χ0v) is 10.7. The summed E-state index contributed by atoms with van der Waals surface area (Å²) in [4.78, 5) is 11.9. The fraction of sp³-hybridized carbons (Fsp3) is 0.188. The molecule has 2 aromatic carbocycles. The Hall–Kier alpha value is -2.10. The van der Waals surface area contributed by atoms with Crippen molar-refractivity contribution in [2.45, 2.75) is 19.0 Å². The Morgan fingerprint density at radius 2 is 1.50 bits per heavy atom. The summed E-state index contributed by atoms with van der Waals surface area (Å²) in [5.74, 6) is -0.150. The zero-order valence-electron chi connectivity index (χ0n) is 10.7. The quantitative estimate of drug-likeness (QED) is 0.751. The van der Waals surface area contributed by atoms with E-state index in [1.165, 1.54) is 12.1 Å². The molecule has 1 nitrogen and oxygen atoms in total. The largest absolute Gasteiger partial charge is 0.416 e. The van der Waals surface area contributed by atoms with E-state index in [0.29, 0.717) is 12.0 Å². The lowest BCUT2D eigenvalue weighted by atomic mass is 10.0. The van der Waals surface area contributed by atoms with Gasteiger partial charge in [-0.1, -0.05) is 42.5 Å². The standard InChI is InChI=1S/C16H13F3O/c17-16(18,19)14-9-7-13(8-10-14)15(20)11-6-12-4-2-1-3-5-12/h1-5,7-10H,6,11H2. The number of carbonyl (C=O) groups excluding carboxylic acids is 1. The average molecular weight is 278 g/mol. The summed E-state index contributed by atoms with van der Waals surface area (Å²) < 4.78 is 37.2. The number of ketones is 1. The van der Waals surface area contributed by atoms with Crippen LogP contribution in [0, 0.1) is 0 Å². The number of hydrogen-bond donors (Lipinski definition) is 0. The Morgan fingerprint density at radius 3 is 2.05 bits per heavy atom. The molecule has 2 rings (SSSR count). The van der Waals surface area contributed by atoms with Crippen molar-refractivity contribution in [2.75, 3.05) is 0 Å². The highest BCUT2D eigenvalue weighted by atomic mass is 19.4. The van der Waals surface area contributed by atoms with Crippen LogP contribution in [-0.4, -0.2) is 5.78 Å². The molecule has 20 heavy (non-hydrogen) atoms. The summed E-state index contributed by atoms with van der Waals surface area (Å²) in [7, 11) is 0. The number of benzene rings is 2. The third kappa shape index (κ3) is 3.70. The van der Waals surface area contributed by atoms with Crippen LogP contribution in [0.15, 0.2) is 54.6 Å². The van der Waals surface area contributed by atoms with Gasteiger partial charge in [0.05, 0.1) is 5.56 Å². The third-order valence-corrected chi connectivity index (χ3v) is 3.02. The number of alkyl halides is 3. The number of aryl methyl sites for hydroxylation is 1. The lowest BCUT2D eigenvalue weighted by Crippen LogP contribution is -2.06. The SMILES string of the molecule is O=C(CCc1ccccc1)c1ccc(C(F)(F)F)cc1. The van der Waals surface area contributed by atoms with E-state index in [1.54, 1.807) is 0 Å². The fourth-order valence-corrected chi connectivity index (χ4v) is 1.89. The summed E-state index contributed by atoms with van der Waals surface area (Å²) in [6.07, 6.45) is -3.50. The molecule has 2 aromatic rings. The molecule has 104 valence electrons. The van der Waals surface area contributed by atoms with Gasteiger partial charge < -0.3 is 0 Å². The van der Waals surface area contributed by atoms with Crippen molar-refractivity contribution in [3.8, 4) is 0 Å². The highest BCUT2D eigenvalue weighted by molar-refractivity contribution is 5.96. The first kappa shape index (κ1) is 14.3. The summed E-state index contributed by atoms with van der Waals surface area (Å²) in [5, 5.41) is 0. The lowest BCUT2D eigenvalue weighted by Gasteiger charge is -2.07. The molecule has 0 aromatic heterocycles. The van der Waals surface area contributed by atoms with Crippen LogP contribution in [-0.2, 0) is 12.6 Å². The summed E-state index contributed by atoms with van der Waals surface area (Å²) in [6.45, 7) is 0. The van der Waals surface area contributed by atoms with E-state index in [1.807, 2.05) is 30.3 Å². The minimum Gasteiger partial charge on any atom is -0.294 e. The van der Waals surface area contributed by atoms with Crippen molar-refractivity contribution in [1.82, 2.24) is 0 Å². The molecule has 0 amide bonds. The van der Waals surface area contributed by atoms with Crippen LogP contribution >= 0.6 is 0 Å². The van der Waals surface area contributed by atoms with Crippen molar-refractivity contribution in [3.63, 3.8) is 0 Å². The van der Waals surface area contributed by atoms with Crippen molar-refractivity contribution >= 4 is 5.78 Å². The molecule has 0 aliphatic rings. The van der Waals surface area contributed by atoms with Gasteiger partial charge in [0.2, 0.25) is 0 Å². The van der Waals surface area contributed by atoms with Crippen molar-refractivity contribution in [2.24, 2.45) is 0 Å². The maximum Gasteiger partial charge on any atom is 0.416 e. The monoisotopic (exact) mass is 278 g/mol. The Bertz CT molecular complexity index is 571. The molecule has 0 aliphatic heterocycles. The van der Waals surface area contributed by atoms with Crippen LogP contribution in [0.1, 0.15) is 27.9 Å². The average Bonchev–Trinajstić information content (AvgIpc) is 2.45. The molecule has 0 unspecified atom stereocenters. The summed E-state index contributed by atoms with van der Waals surface area (Å²) >= 11 is 0. The van der Waals surface area contributed by atoms with Crippen molar-refractivity contribution in [3.05, 3.63) is 71.3 Å². The normalized spacial score (nSPS) is 11.3. The van der Waals surface area contributed by atoms with Gasteiger partial charge in [0.25, 0.3) is 0 Å². The molecule has 0 atom stereocenters. The smallest absolute Gasteiger partial charge is 0.294 e. The van der Waals surface area contributed by atoms with E-state index in [0.717, 1.165) is 17.7 Å². The molecule has 0 heterocycles. The van der Waals surface area contributed by atoms with Gasteiger partial charge >= 0.3 is 6.18 Å². The second kappa shape index (κ2) is 5.90. The van der Waals surface area contributed by atoms with Crippen LogP contribution in [0.3, 0.4) is 0 Å². The van der Waals surface area contributed by atoms with Crippen LogP contribution in [0.25, 0.3) is 0 Å². The number of halogens is 3. The predicted molar refractivity (Wildman–Crippen MR) is 70.5 cm³/mol. The molecular formula is C16H13F3O. The number of carbonyl (C=O) groups is 1. The number of Topliss-reactive ketones (excluding diaryl/α,β-unsaturated/α-hetero) is 1. The lowest BCUT2D eigenvalue weighted by molar-refractivity contribution is -0.137. The molecule has 0 fully saturated rings. The van der Waals surface area contributed by atoms with Gasteiger partial charge in [-0.15, -0.1) is 0 Å². The molecule has 0 aliphatic carbocycles. The van der Waals surface area contributed by atoms with Gasteiger partial charge in [-0.3, -0.25) is 4.79 Å². The topological polar surface area (TPSA) is 17.1 Å². The molecule has 0 spiro atoms. The zero-order chi connectivity index (χ0) is 14.6. The highest BCUT2D eigenvalue weighted by Gasteiger charge is 2.30. The van der Waals surface area contributed by atoms with Crippen LogP contribution in [0.2, 0.25) is 0 Å². The molecule has 0 N–H and O–H groups in total. The second-order valence-corrected chi connectivity index (χ2v) is 4.48. The maximum absolute atomic E-state index is 12.4. The van der Waals surface area contributed by atoms with Gasteiger partial charge in [-0.25, -0.2) is 0 Å². The van der Waals surface area contributed by atoms with Crippen LogP contribution < -0.4 is 0 Å². The summed E-state index contributed by atoms with van der Waals surface area (Å²) in [5.41, 5.74) is 0.610. The van der Waals surface area contributed by atoms with Crippen molar-refractivity contribution in [1.29, 1.82) is 0 Å². The summed E-state index contributed by atoms with van der Waals surface area (Å²) in [6, 6.07) is 13.8. The van der Waals surface area contributed by atoms with E-state index in [2.05, 4.69) is 0 Å². The van der Waals surface area contributed by atoms with Gasteiger partial charge in [-0.05, 0) is 24.1 Å². The van der Waals surface area contributed by atoms with E-state index in [4.69, 9.17) is 0 Å². The van der Waals surface area contributed by atoms with E-state index < -0.39 is 11.7 Å². The molecular weight excluding hydrogens is 265 g/mol. The number of hydrogen-bond acceptors (Lipinski definition) is 1. The first-order valence-electron chi connectivity index (χ1n) is 6.21. The maximum atomic E-state index is 12.4. The minimum absolute atomic E-state index is 0.150. The van der Waals surface area contributed by atoms with Gasteiger partial charge in [0.1, 0.15) is 0 Å². The van der Waals surface area contributed by atoms with Crippen LogP contribution in [0.4, 0.5) is 13.2 Å². The second-order valence-electron chi connectivity index (χ2n) is 4.48. The third-order valence-electron chi connectivity index (χ3n) is 3.02. The Kier molecular flexibility index (Phi) is 4.23. The molecule has 4 heteroatoms. The first-order chi connectivity index (χ1) is 9.47.